The number of hydrogen-bond donors (Lipinski definition) is 1. The van der Waals surface area contributed by atoms with Gasteiger partial charge < -0.3 is 38.4 Å². The number of ether oxygens (including phenoxy) is 6. The number of esters is 2. The Kier molecular flexibility index (Phi) is 53.4. The minimum atomic E-state index is -0.305. The number of hydrogen-bond acceptors (Lipinski definition) is 10. The van der Waals surface area contributed by atoms with Gasteiger partial charge in [-0.25, -0.2) is 0 Å². The fraction of sp³-hybridized carbons (Fsp3) is 0.831. The molecular formula is C59H101NO9. The molecule has 0 unspecified atom stereocenters. The van der Waals surface area contributed by atoms with Crippen LogP contribution < -0.4 is 0 Å². The van der Waals surface area contributed by atoms with E-state index in [1.807, 2.05) is 0 Å². The normalized spacial score (nSPS) is 10.8. The molecule has 69 heavy (non-hydrogen) atoms. The lowest BCUT2D eigenvalue weighted by atomic mass is 10.1. The Balaban J connectivity index is 4.23. The average molecular weight is 968 g/mol. The largest absolute Gasteiger partial charge is 0.466 e. The SMILES string of the molecule is CCCCC#CCCOC(CCCCC(=O)OCCCCCCN(CCCO)CCCCCCOC(=O)CCCCC(OCCC#CCCCC)OCCC#CCCCC)OCCC#CCCCC. The number of nitrogens with zero attached hydrogens (tertiary/aromatic N) is 1. The van der Waals surface area contributed by atoms with E-state index in [9.17, 15) is 14.7 Å². The van der Waals surface area contributed by atoms with Crippen LogP contribution in [0, 0.1) is 47.4 Å². The zero-order chi connectivity index (χ0) is 50.2. The second-order valence-corrected chi connectivity index (χ2v) is 17.9. The van der Waals surface area contributed by atoms with Crippen LogP contribution in [0.5, 0.6) is 0 Å². The molecule has 0 spiro atoms. The van der Waals surface area contributed by atoms with Crippen LogP contribution in [-0.4, -0.2) is 100 Å². The van der Waals surface area contributed by atoms with Crippen LogP contribution in [0.25, 0.3) is 0 Å². The second-order valence-electron chi connectivity index (χ2n) is 17.9. The highest BCUT2D eigenvalue weighted by atomic mass is 16.7. The molecule has 396 valence electrons. The summed E-state index contributed by atoms with van der Waals surface area (Å²) in [4.78, 5) is 27.3. The Morgan fingerprint density at radius 1 is 0.377 bits per heavy atom. The number of carbonyl (C=O) groups is 2. The maximum absolute atomic E-state index is 12.4. The standard InChI is InChI=1S/C59H101NO9/c1-5-9-13-17-23-37-52-66-58(67-53-38-24-18-14-10-6-2)44-31-29-42-56(62)64-50-35-27-21-33-46-60(48-41-49-61)47-34-22-28-36-51-65-57(63)43-30-32-45-59(68-54-39-25-19-15-11-7-3)69-55-40-26-20-16-12-8-4/h58-59,61H,5-16,21-22,27-55H2,1-4H3. The summed E-state index contributed by atoms with van der Waals surface area (Å²) < 4.78 is 35.1. The van der Waals surface area contributed by atoms with Crippen molar-refractivity contribution in [1.82, 2.24) is 4.90 Å². The quantitative estimate of drug-likeness (QED) is 0.0274. The molecule has 0 bridgehead atoms. The van der Waals surface area contributed by atoms with Gasteiger partial charge in [0.25, 0.3) is 0 Å². The number of carbonyl (C=O) groups excluding carboxylic acids is 2. The van der Waals surface area contributed by atoms with E-state index in [1.165, 1.54) is 0 Å². The summed E-state index contributed by atoms with van der Waals surface area (Å²) in [7, 11) is 0. The highest BCUT2D eigenvalue weighted by molar-refractivity contribution is 5.69. The van der Waals surface area contributed by atoms with Crippen molar-refractivity contribution in [2.45, 2.75) is 252 Å². The molecule has 0 radical (unpaired) electrons. The van der Waals surface area contributed by atoms with Crippen molar-refractivity contribution in [3.05, 3.63) is 0 Å². The van der Waals surface area contributed by atoms with Gasteiger partial charge in [0, 0.05) is 77.4 Å². The smallest absolute Gasteiger partial charge is 0.305 e. The molecule has 0 atom stereocenters. The van der Waals surface area contributed by atoms with Gasteiger partial charge in [-0.05, 0) is 109 Å². The fourth-order valence-corrected chi connectivity index (χ4v) is 7.05. The van der Waals surface area contributed by atoms with Crippen LogP contribution in [0.4, 0.5) is 0 Å². The Morgan fingerprint density at radius 2 is 0.696 bits per heavy atom. The molecule has 1 N–H and O–H groups in total. The molecule has 0 saturated carbocycles. The summed E-state index contributed by atoms with van der Waals surface area (Å²) >= 11 is 0. The molecule has 0 aliphatic rings. The Bertz CT molecular complexity index is 1240. The molecule has 0 aromatic heterocycles. The molecule has 0 aromatic rings. The highest BCUT2D eigenvalue weighted by Crippen LogP contribution is 2.13. The van der Waals surface area contributed by atoms with Gasteiger partial charge in [-0.3, -0.25) is 9.59 Å². The van der Waals surface area contributed by atoms with E-state index >= 15 is 0 Å². The van der Waals surface area contributed by atoms with Crippen LogP contribution in [0.1, 0.15) is 240 Å². The first kappa shape index (κ1) is 65.9. The van der Waals surface area contributed by atoms with Gasteiger partial charge in [0.1, 0.15) is 0 Å². The zero-order valence-electron chi connectivity index (χ0n) is 44.7. The molecule has 10 nitrogen and oxygen atoms in total. The minimum Gasteiger partial charge on any atom is -0.466 e. The van der Waals surface area contributed by atoms with Crippen LogP contribution in [0.15, 0.2) is 0 Å². The number of rotatable bonds is 47. The van der Waals surface area contributed by atoms with E-state index in [1.54, 1.807) is 0 Å². The summed E-state index contributed by atoms with van der Waals surface area (Å²) in [5.74, 6) is 25.3. The maximum Gasteiger partial charge on any atom is 0.305 e. The molecule has 0 rings (SSSR count). The molecule has 0 fully saturated rings. The lowest BCUT2D eigenvalue weighted by molar-refractivity contribution is -0.147. The van der Waals surface area contributed by atoms with E-state index in [2.05, 4.69) is 80.0 Å². The Labute approximate surface area is 423 Å². The maximum atomic E-state index is 12.4. The van der Waals surface area contributed by atoms with Gasteiger partial charge in [0.15, 0.2) is 12.6 Å². The van der Waals surface area contributed by atoms with Crippen molar-refractivity contribution < 1.29 is 43.1 Å². The topological polar surface area (TPSA) is 113 Å². The first-order valence-electron chi connectivity index (χ1n) is 27.9. The van der Waals surface area contributed by atoms with Crippen molar-refractivity contribution in [2.75, 3.05) is 65.9 Å². The molecule has 0 saturated heterocycles. The third kappa shape index (κ3) is 51.1. The zero-order valence-corrected chi connectivity index (χ0v) is 44.7. The third-order valence-electron chi connectivity index (χ3n) is 11.3. The predicted octanol–water partition coefficient (Wildman–Crippen LogP) is 13.1. The van der Waals surface area contributed by atoms with Crippen LogP contribution in [0.3, 0.4) is 0 Å². The fourth-order valence-electron chi connectivity index (χ4n) is 7.05. The third-order valence-corrected chi connectivity index (χ3v) is 11.3. The van der Waals surface area contributed by atoms with Gasteiger partial charge in [-0.15, -0.1) is 47.4 Å². The lowest BCUT2D eigenvalue weighted by Crippen LogP contribution is -2.28. The summed E-state index contributed by atoms with van der Waals surface area (Å²) in [6.45, 7) is 14.9. The molecule has 0 amide bonds. The molecule has 0 aromatic carbocycles. The summed E-state index contributed by atoms with van der Waals surface area (Å²) in [6.07, 6.45) is 29.4. The summed E-state index contributed by atoms with van der Waals surface area (Å²) in [6, 6.07) is 0. The lowest BCUT2D eigenvalue weighted by Gasteiger charge is -2.22. The molecule has 0 heterocycles. The summed E-state index contributed by atoms with van der Waals surface area (Å²) in [5.41, 5.74) is 0. The Morgan fingerprint density at radius 3 is 1.03 bits per heavy atom. The summed E-state index contributed by atoms with van der Waals surface area (Å²) in [5, 5.41) is 9.45. The second kappa shape index (κ2) is 55.9. The molecule has 10 heteroatoms. The van der Waals surface area contributed by atoms with E-state index in [0.29, 0.717) is 78.2 Å². The van der Waals surface area contributed by atoms with Crippen molar-refractivity contribution in [3.63, 3.8) is 0 Å². The van der Waals surface area contributed by atoms with E-state index in [0.717, 1.165) is 193 Å². The average Bonchev–Trinajstić information content (AvgIpc) is 3.35. The predicted molar refractivity (Wildman–Crippen MR) is 283 cm³/mol. The molecular weight excluding hydrogens is 867 g/mol. The van der Waals surface area contributed by atoms with Crippen LogP contribution in [-0.2, 0) is 38.0 Å². The van der Waals surface area contributed by atoms with Crippen LogP contribution in [0.2, 0.25) is 0 Å². The van der Waals surface area contributed by atoms with E-state index in [4.69, 9.17) is 28.4 Å². The van der Waals surface area contributed by atoms with Crippen molar-refractivity contribution >= 4 is 11.9 Å². The number of unbranched alkanes of at least 4 members (excludes halogenated alkanes) is 16. The first-order valence-corrected chi connectivity index (χ1v) is 27.9. The van der Waals surface area contributed by atoms with Gasteiger partial charge in [-0.1, -0.05) is 79.1 Å². The van der Waals surface area contributed by atoms with Crippen molar-refractivity contribution in [3.8, 4) is 47.4 Å². The highest BCUT2D eigenvalue weighted by Gasteiger charge is 2.12. The van der Waals surface area contributed by atoms with E-state index in [-0.39, 0.29) is 31.1 Å². The monoisotopic (exact) mass is 968 g/mol. The molecule has 0 aliphatic carbocycles. The Hall–Kier alpha value is -3.06. The van der Waals surface area contributed by atoms with Gasteiger partial charge in [0.2, 0.25) is 0 Å². The van der Waals surface area contributed by atoms with Crippen molar-refractivity contribution in [2.24, 2.45) is 0 Å². The van der Waals surface area contributed by atoms with E-state index < -0.39 is 0 Å². The number of aliphatic hydroxyl groups is 1. The van der Waals surface area contributed by atoms with Crippen LogP contribution >= 0.6 is 0 Å². The van der Waals surface area contributed by atoms with Gasteiger partial charge >= 0.3 is 11.9 Å². The minimum absolute atomic E-state index is 0.135. The van der Waals surface area contributed by atoms with Crippen molar-refractivity contribution in [1.29, 1.82) is 0 Å². The van der Waals surface area contributed by atoms with Gasteiger partial charge in [-0.2, -0.15) is 0 Å². The first-order chi connectivity index (χ1) is 34.0. The number of aliphatic hydroxyl groups excluding tert-OH is 1. The van der Waals surface area contributed by atoms with Gasteiger partial charge in [0.05, 0.1) is 39.6 Å². The molecule has 0 aliphatic heterocycles.